The Morgan fingerprint density at radius 2 is 2.09 bits per heavy atom. The van der Waals surface area contributed by atoms with Gasteiger partial charge in [-0.15, -0.1) is 12.4 Å². The van der Waals surface area contributed by atoms with Gasteiger partial charge in [-0.3, -0.25) is 0 Å². The Kier molecular flexibility index (Phi) is 9.44. The molecule has 1 atom stereocenters. The van der Waals surface area contributed by atoms with Crippen LogP contribution in [0.15, 0.2) is 0 Å². The van der Waals surface area contributed by atoms with Crippen molar-refractivity contribution >= 4 is 12.4 Å². The van der Waals surface area contributed by atoms with E-state index in [2.05, 4.69) is 0 Å². The quantitative estimate of drug-likeness (QED) is 0.701. The van der Waals surface area contributed by atoms with Gasteiger partial charge in [-0.05, 0) is 20.3 Å². The minimum atomic E-state index is -0.376. The van der Waals surface area contributed by atoms with Crippen LogP contribution in [-0.2, 0) is 4.74 Å². The summed E-state index contributed by atoms with van der Waals surface area (Å²) in [7, 11) is 0. The van der Waals surface area contributed by atoms with Crippen LogP contribution in [0.4, 0.5) is 0 Å². The number of nitrogens with zero attached hydrogens (tertiary/aromatic N) is 1. The molecule has 0 aromatic rings. The number of hydrogen-bond donors (Lipinski definition) is 1. The Morgan fingerprint density at radius 1 is 1.55 bits per heavy atom. The van der Waals surface area contributed by atoms with E-state index in [1.54, 1.807) is 0 Å². The smallest absolute Gasteiger partial charge is 0.0950 e. The largest absolute Gasteiger partial charge is 0.379 e. The first-order valence-corrected chi connectivity index (χ1v) is 3.43. The van der Waals surface area contributed by atoms with Crippen LogP contribution in [0.25, 0.3) is 0 Å². The van der Waals surface area contributed by atoms with E-state index < -0.39 is 0 Å². The lowest BCUT2D eigenvalue weighted by molar-refractivity contribution is 0.0759. The number of nitriles is 1. The Bertz CT molecular complexity index is 122. The van der Waals surface area contributed by atoms with Crippen molar-refractivity contribution in [2.45, 2.75) is 32.4 Å². The predicted octanol–water partition coefficient (Wildman–Crippen LogP) is 1.07. The molecule has 0 spiro atoms. The summed E-state index contributed by atoms with van der Waals surface area (Å²) in [6, 6.07) is 1.56. The summed E-state index contributed by atoms with van der Waals surface area (Å²) in [6.07, 6.45) is 0.847. The van der Waals surface area contributed by atoms with E-state index in [4.69, 9.17) is 15.7 Å². The minimum Gasteiger partial charge on any atom is -0.379 e. The maximum atomic E-state index is 8.27. The van der Waals surface area contributed by atoms with Gasteiger partial charge < -0.3 is 10.5 Å². The van der Waals surface area contributed by atoms with Gasteiger partial charge in [-0.1, -0.05) is 0 Å². The summed E-state index contributed by atoms with van der Waals surface area (Å²) in [4.78, 5) is 0. The van der Waals surface area contributed by atoms with Gasteiger partial charge in [0.05, 0.1) is 18.2 Å². The third-order valence-electron chi connectivity index (χ3n) is 1.05. The second-order valence-corrected chi connectivity index (χ2v) is 2.44. The molecular formula is C7H15ClN2O. The van der Waals surface area contributed by atoms with Gasteiger partial charge in [-0.25, -0.2) is 0 Å². The van der Waals surface area contributed by atoms with Crippen molar-refractivity contribution in [1.82, 2.24) is 0 Å². The highest BCUT2D eigenvalue weighted by atomic mass is 35.5. The van der Waals surface area contributed by atoms with Crippen LogP contribution in [0.3, 0.4) is 0 Å². The number of ether oxygens (including phenoxy) is 1. The third-order valence-corrected chi connectivity index (χ3v) is 1.05. The number of nitrogens with two attached hydrogens (primary N) is 1. The van der Waals surface area contributed by atoms with Crippen molar-refractivity contribution in [2.24, 2.45) is 5.73 Å². The fourth-order valence-electron chi connectivity index (χ4n) is 0.495. The molecule has 0 aromatic heterocycles. The molecule has 1 unspecified atom stereocenters. The summed E-state index contributed by atoms with van der Waals surface area (Å²) in [5.41, 5.74) is 5.32. The van der Waals surface area contributed by atoms with Crippen molar-refractivity contribution < 1.29 is 4.74 Å². The average molecular weight is 179 g/mol. The second kappa shape index (κ2) is 7.80. The summed E-state index contributed by atoms with van der Waals surface area (Å²) in [5.74, 6) is 0. The van der Waals surface area contributed by atoms with Crippen molar-refractivity contribution in [3.8, 4) is 6.07 Å². The van der Waals surface area contributed by atoms with E-state index in [1.165, 1.54) is 0 Å². The van der Waals surface area contributed by atoms with Gasteiger partial charge in [0.25, 0.3) is 0 Å². The van der Waals surface area contributed by atoms with Crippen LogP contribution in [0, 0.1) is 11.3 Å². The molecule has 2 N–H and O–H groups in total. The molecule has 11 heavy (non-hydrogen) atoms. The van der Waals surface area contributed by atoms with Crippen LogP contribution in [0.1, 0.15) is 20.3 Å². The molecule has 0 rings (SSSR count). The van der Waals surface area contributed by atoms with Crippen molar-refractivity contribution in [3.05, 3.63) is 0 Å². The summed E-state index contributed by atoms with van der Waals surface area (Å²) in [6.45, 7) is 4.49. The highest BCUT2D eigenvalue weighted by Gasteiger charge is 1.99. The molecule has 0 saturated heterocycles. The summed E-state index contributed by atoms with van der Waals surface area (Å²) < 4.78 is 5.18. The SMILES string of the molecule is CC(C)OCCC(N)C#N.Cl. The molecule has 66 valence electrons. The van der Waals surface area contributed by atoms with E-state index in [-0.39, 0.29) is 24.6 Å². The third kappa shape index (κ3) is 9.70. The lowest BCUT2D eigenvalue weighted by atomic mass is 10.2. The summed E-state index contributed by atoms with van der Waals surface area (Å²) >= 11 is 0. The monoisotopic (exact) mass is 178 g/mol. The molecule has 0 bridgehead atoms. The van der Waals surface area contributed by atoms with E-state index in [9.17, 15) is 0 Å². The fraction of sp³-hybridized carbons (Fsp3) is 0.857. The van der Waals surface area contributed by atoms with Gasteiger partial charge >= 0.3 is 0 Å². The number of hydrogen-bond acceptors (Lipinski definition) is 3. The van der Waals surface area contributed by atoms with Gasteiger partial charge in [0.15, 0.2) is 0 Å². The van der Waals surface area contributed by atoms with Crippen molar-refractivity contribution in [3.63, 3.8) is 0 Å². The van der Waals surface area contributed by atoms with Gasteiger partial charge in [0, 0.05) is 6.61 Å². The molecule has 0 radical (unpaired) electrons. The molecule has 0 aliphatic carbocycles. The molecule has 0 aliphatic heterocycles. The van der Waals surface area contributed by atoms with Gasteiger partial charge in [-0.2, -0.15) is 5.26 Å². The van der Waals surface area contributed by atoms with E-state index in [1.807, 2.05) is 19.9 Å². The molecule has 0 saturated carbocycles. The molecule has 0 amide bonds. The topological polar surface area (TPSA) is 59.0 Å². The Balaban J connectivity index is 0. The zero-order valence-corrected chi connectivity index (χ0v) is 7.73. The molecule has 4 heteroatoms. The molecule has 0 aromatic carbocycles. The first kappa shape index (κ1) is 13.3. The molecular weight excluding hydrogens is 164 g/mol. The fourth-order valence-corrected chi connectivity index (χ4v) is 0.495. The molecule has 0 aliphatic rings. The number of halogens is 1. The minimum absolute atomic E-state index is 0. The first-order chi connectivity index (χ1) is 4.66. The first-order valence-electron chi connectivity index (χ1n) is 3.43. The highest BCUT2D eigenvalue weighted by molar-refractivity contribution is 5.85. The van der Waals surface area contributed by atoms with E-state index in [0.717, 1.165) is 0 Å². The van der Waals surface area contributed by atoms with E-state index in [0.29, 0.717) is 13.0 Å². The Morgan fingerprint density at radius 3 is 2.45 bits per heavy atom. The Hall–Kier alpha value is -0.300. The maximum Gasteiger partial charge on any atom is 0.0950 e. The van der Waals surface area contributed by atoms with Crippen molar-refractivity contribution in [2.75, 3.05) is 6.61 Å². The maximum absolute atomic E-state index is 8.27. The van der Waals surface area contributed by atoms with Gasteiger partial charge in [0.1, 0.15) is 0 Å². The predicted molar refractivity (Wildman–Crippen MR) is 46.5 cm³/mol. The number of rotatable bonds is 4. The highest BCUT2D eigenvalue weighted by Crippen LogP contribution is 1.92. The standard InChI is InChI=1S/C7H14N2O.ClH/c1-6(2)10-4-3-7(9)5-8;/h6-7H,3-4,9H2,1-2H3;1H. The lowest BCUT2D eigenvalue weighted by Crippen LogP contribution is -2.20. The molecule has 0 fully saturated rings. The second-order valence-electron chi connectivity index (χ2n) is 2.44. The normalized spacial score (nSPS) is 11.9. The van der Waals surface area contributed by atoms with E-state index >= 15 is 0 Å². The Labute approximate surface area is 73.9 Å². The zero-order valence-electron chi connectivity index (χ0n) is 6.91. The van der Waals surface area contributed by atoms with Crippen molar-refractivity contribution in [1.29, 1.82) is 5.26 Å². The molecule has 0 heterocycles. The summed E-state index contributed by atoms with van der Waals surface area (Å²) in [5, 5.41) is 8.27. The lowest BCUT2D eigenvalue weighted by Gasteiger charge is -2.07. The van der Waals surface area contributed by atoms with Crippen LogP contribution in [0.5, 0.6) is 0 Å². The van der Waals surface area contributed by atoms with Gasteiger partial charge in [0.2, 0.25) is 0 Å². The van der Waals surface area contributed by atoms with Crippen LogP contribution in [0.2, 0.25) is 0 Å². The molecule has 3 nitrogen and oxygen atoms in total. The van der Waals surface area contributed by atoms with Crippen LogP contribution in [-0.4, -0.2) is 18.8 Å². The van der Waals surface area contributed by atoms with Crippen LogP contribution >= 0.6 is 12.4 Å². The average Bonchev–Trinajstić information content (AvgIpc) is 1.87. The zero-order chi connectivity index (χ0) is 7.98. The van der Waals surface area contributed by atoms with Crippen LogP contribution < -0.4 is 5.73 Å².